The van der Waals surface area contributed by atoms with Gasteiger partial charge < -0.3 is 9.97 Å². The fourth-order valence-electron chi connectivity index (χ4n) is 5.59. The quantitative estimate of drug-likeness (QED) is 0.188. The van der Waals surface area contributed by atoms with Gasteiger partial charge in [-0.05, 0) is 5.92 Å². The van der Waals surface area contributed by atoms with Crippen LogP contribution in [-0.4, -0.2) is 39.9 Å². The summed E-state index contributed by atoms with van der Waals surface area (Å²) in [6.07, 6.45) is 0. The van der Waals surface area contributed by atoms with Gasteiger partial charge in [0.1, 0.15) is 22.6 Å². The van der Waals surface area contributed by atoms with Crippen LogP contribution in [0.15, 0.2) is 97.1 Å². The molecule has 9 rings (SSSR count). The van der Waals surface area contributed by atoms with Crippen LogP contribution in [0.4, 0.5) is 0 Å². The molecule has 44 heavy (non-hydrogen) atoms. The molecule has 8 heteroatoms. The Kier molecular flexibility index (Phi) is 6.01. The van der Waals surface area contributed by atoms with Crippen LogP contribution in [0.5, 0.6) is 0 Å². The number of H-pyrrole nitrogens is 2. The van der Waals surface area contributed by atoms with E-state index in [9.17, 15) is 0 Å². The molecule has 8 bridgehead atoms. The Balaban J connectivity index is 0.000000684. The van der Waals surface area contributed by atoms with Crippen molar-refractivity contribution < 1.29 is 0 Å². The van der Waals surface area contributed by atoms with Gasteiger partial charge in [0, 0.05) is 43.8 Å². The summed E-state index contributed by atoms with van der Waals surface area (Å²) >= 11 is 0. The van der Waals surface area contributed by atoms with Gasteiger partial charge in [-0.3, -0.25) is 0 Å². The van der Waals surface area contributed by atoms with Crippen molar-refractivity contribution in [2.75, 3.05) is 0 Å². The minimum atomic E-state index is 0.597. The Labute approximate surface area is 253 Å². The molecule has 0 saturated heterocycles. The molecule has 2 aliphatic heterocycles. The van der Waals surface area contributed by atoms with Gasteiger partial charge in [-0.1, -0.05) is 118 Å². The average molecular weight is 573 g/mol. The summed E-state index contributed by atoms with van der Waals surface area (Å²) < 4.78 is 0. The van der Waals surface area contributed by atoms with Gasteiger partial charge in [-0.25, -0.2) is 29.9 Å². The number of nitrogens with zero attached hydrogens (tertiary/aromatic N) is 6. The summed E-state index contributed by atoms with van der Waals surface area (Å²) in [6, 6.07) is 32.2. The van der Waals surface area contributed by atoms with Gasteiger partial charge in [0.25, 0.3) is 0 Å². The smallest absolute Gasteiger partial charge is 0.164 e. The fourth-order valence-corrected chi connectivity index (χ4v) is 5.59. The van der Waals surface area contributed by atoms with E-state index >= 15 is 0 Å². The average Bonchev–Trinajstić information content (AvgIpc) is 3.76. The highest BCUT2D eigenvalue weighted by molar-refractivity contribution is 6.06. The van der Waals surface area contributed by atoms with E-state index in [0.717, 1.165) is 49.7 Å². The minimum Gasteiger partial charge on any atom is -0.324 e. The van der Waals surface area contributed by atoms with Crippen LogP contribution in [0.2, 0.25) is 0 Å². The van der Waals surface area contributed by atoms with Crippen molar-refractivity contribution in [3.63, 3.8) is 0 Å². The number of nitrogens with one attached hydrogen (secondary N) is 2. The summed E-state index contributed by atoms with van der Waals surface area (Å²) in [5, 5.41) is 3.82. The molecule has 0 aliphatic carbocycles. The molecule has 0 fully saturated rings. The Morgan fingerprint density at radius 2 is 0.591 bits per heavy atom. The molecule has 3 aromatic heterocycles. The summed E-state index contributed by atoms with van der Waals surface area (Å²) in [5.41, 5.74) is 6.45. The fraction of sp³-hybridized carbons (Fsp3) is 0.111. The van der Waals surface area contributed by atoms with Crippen molar-refractivity contribution in [2.24, 2.45) is 5.92 Å². The lowest BCUT2D eigenvalue weighted by atomic mass is 10.1. The van der Waals surface area contributed by atoms with Crippen molar-refractivity contribution in [3.8, 4) is 45.6 Å². The third-order valence-corrected chi connectivity index (χ3v) is 7.46. The molecule has 212 valence electrons. The van der Waals surface area contributed by atoms with Crippen LogP contribution >= 0.6 is 0 Å². The Bertz CT molecular complexity index is 2080. The zero-order chi connectivity index (χ0) is 29.8. The van der Waals surface area contributed by atoms with E-state index in [-0.39, 0.29) is 0 Å². The van der Waals surface area contributed by atoms with Gasteiger partial charge in [0.05, 0.1) is 0 Å². The zero-order valence-electron chi connectivity index (χ0n) is 24.5. The Morgan fingerprint density at radius 3 is 0.841 bits per heavy atom. The van der Waals surface area contributed by atoms with E-state index in [1.54, 1.807) is 0 Å². The lowest BCUT2D eigenvalue weighted by Crippen LogP contribution is -1.82. The number of hydrogen-bond acceptors (Lipinski definition) is 6. The van der Waals surface area contributed by atoms with Gasteiger partial charge in [-0.15, -0.1) is 0 Å². The molecule has 4 aromatic carbocycles. The summed E-state index contributed by atoms with van der Waals surface area (Å²) in [5.74, 6) is 3.22. The first-order chi connectivity index (χ1) is 21.5. The van der Waals surface area contributed by atoms with E-state index in [2.05, 4.69) is 30.7 Å². The van der Waals surface area contributed by atoms with Crippen molar-refractivity contribution in [1.82, 2.24) is 39.9 Å². The number of benzene rings is 4. The number of rotatable bonds is 0. The maximum atomic E-state index is 5.02. The number of aromatic nitrogens is 8. The van der Waals surface area contributed by atoms with E-state index < -0.39 is 0 Å². The van der Waals surface area contributed by atoms with E-state index in [1.807, 2.05) is 97.1 Å². The molecule has 0 amide bonds. The lowest BCUT2D eigenvalue weighted by Gasteiger charge is -1.96. The summed E-state index contributed by atoms with van der Waals surface area (Å²) in [4.78, 5) is 36.8. The monoisotopic (exact) mass is 572 g/mol. The molecule has 5 heterocycles. The zero-order valence-corrected chi connectivity index (χ0v) is 24.5. The van der Waals surface area contributed by atoms with Gasteiger partial charge in [-0.2, -0.15) is 0 Å². The number of hydrogen-bond donors (Lipinski definition) is 2. The van der Waals surface area contributed by atoms with E-state index in [4.69, 9.17) is 29.9 Å². The van der Waals surface area contributed by atoms with Crippen LogP contribution in [0.25, 0.3) is 89.7 Å². The molecule has 7 aromatic rings. The molecule has 8 nitrogen and oxygen atoms in total. The summed E-state index contributed by atoms with van der Waals surface area (Å²) in [6.45, 7) is 6.50. The molecule has 2 aliphatic rings. The second kappa shape index (κ2) is 10.2. The van der Waals surface area contributed by atoms with Crippen molar-refractivity contribution >= 4 is 44.1 Å². The second-order valence-electron chi connectivity index (χ2n) is 11.5. The SMILES string of the molecule is CC(C)C.c1ccc2c(c1)-c1nc-2nc2[nH]c(nc3nc(nc4[nH]c(n1)c1ccccc41)-c1ccccc1-3)c1ccccc21. The second-order valence-corrected chi connectivity index (χ2v) is 11.5. The number of aromatic amines is 2. The first-order valence-corrected chi connectivity index (χ1v) is 14.7. The van der Waals surface area contributed by atoms with Crippen molar-refractivity contribution in [1.29, 1.82) is 0 Å². The van der Waals surface area contributed by atoms with E-state index in [1.165, 1.54) is 0 Å². The molecule has 0 atom stereocenters. The van der Waals surface area contributed by atoms with Gasteiger partial charge in [0.15, 0.2) is 23.3 Å². The third kappa shape index (κ3) is 4.31. The standard InChI is InChI=1S/C32H18N8.C4H10/c1-2-10-18-17(9-1)25-33-26(18)38-28-21-13-5-6-14-22(21)30(35-28)40-32-24-16-8-7-15-23(24)31(36-32)39-29-20-12-4-3-11-19(20)27(34-29)37-25;1-4(2)3/h1-16H,(H2,33,34,35,36,37,38,39,40);4H,1-3H3. The molecular formula is C36H28N8. The molecule has 2 N–H and O–H groups in total. The highest BCUT2D eigenvalue weighted by Crippen LogP contribution is 2.36. The van der Waals surface area contributed by atoms with Crippen LogP contribution < -0.4 is 0 Å². The first kappa shape index (κ1) is 25.9. The normalized spacial score (nSPS) is 11.7. The predicted molar refractivity (Wildman–Crippen MR) is 177 cm³/mol. The minimum absolute atomic E-state index is 0.597. The maximum absolute atomic E-state index is 5.02. The Morgan fingerprint density at radius 1 is 0.364 bits per heavy atom. The highest BCUT2D eigenvalue weighted by Gasteiger charge is 2.21. The molecule has 0 spiro atoms. The largest absolute Gasteiger partial charge is 0.324 e. The van der Waals surface area contributed by atoms with Crippen molar-refractivity contribution in [3.05, 3.63) is 97.1 Å². The van der Waals surface area contributed by atoms with Crippen LogP contribution in [0.3, 0.4) is 0 Å². The topological polar surface area (TPSA) is 109 Å². The highest BCUT2D eigenvalue weighted by atomic mass is 15.1. The molecule has 0 unspecified atom stereocenters. The van der Waals surface area contributed by atoms with Crippen LogP contribution in [0.1, 0.15) is 20.8 Å². The molecule has 0 radical (unpaired) electrons. The number of fused-ring (bicyclic) bond motifs is 20. The maximum Gasteiger partial charge on any atom is 0.164 e. The van der Waals surface area contributed by atoms with Gasteiger partial charge in [0.2, 0.25) is 0 Å². The van der Waals surface area contributed by atoms with Crippen LogP contribution in [0, 0.1) is 5.92 Å². The van der Waals surface area contributed by atoms with Gasteiger partial charge >= 0.3 is 0 Å². The first-order valence-electron chi connectivity index (χ1n) is 14.7. The van der Waals surface area contributed by atoms with Crippen molar-refractivity contribution in [2.45, 2.75) is 20.8 Å². The van der Waals surface area contributed by atoms with Crippen LogP contribution in [-0.2, 0) is 0 Å². The van der Waals surface area contributed by atoms with E-state index in [0.29, 0.717) is 45.9 Å². The lowest BCUT2D eigenvalue weighted by molar-refractivity contribution is 0.737. The third-order valence-electron chi connectivity index (χ3n) is 7.46. The molecule has 0 saturated carbocycles. The Hall–Kier alpha value is -5.76. The molecular weight excluding hydrogens is 544 g/mol. The predicted octanol–water partition coefficient (Wildman–Crippen LogP) is 8.53. The summed E-state index contributed by atoms with van der Waals surface area (Å²) in [7, 11) is 0.